The molecule has 0 aromatic heterocycles. The minimum Gasteiger partial charge on any atom is -0.487 e. The smallest absolute Gasteiger partial charge is 0.341 e. The first kappa shape index (κ1) is 20.6. The molecule has 29 heavy (non-hydrogen) atoms. The van der Waals surface area contributed by atoms with Crippen molar-refractivity contribution in [3.05, 3.63) is 53.6 Å². The molecule has 8 nitrogen and oxygen atoms in total. The zero-order valence-corrected chi connectivity index (χ0v) is 16.7. The Morgan fingerprint density at radius 1 is 1.31 bits per heavy atom. The summed E-state index contributed by atoms with van der Waals surface area (Å²) in [5, 5.41) is 17.6. The number of nitrogens with one attached hydrogen (secondary N) is 1. The van der Waals surface area contributed by atoms with Gasteiger partial charge in [-0.2, -0.15) is 5.26 Å². The van der Waals surface area contributed by atoms with Crippen molar-refractivity contribution < 1.29 is 27.8 Å². The van der Waals surface area contributed by atoms with Gasteiger partial charge >= 0.3 is 5.97 Å². The van der Waals surface area contributed by atoms with Gasteiger partial charge in [-0.3, -0.25) is 0 Å². The highest BCUT2D eigenvalue weighted by atomic mass is 32.2. The van der Waals surface area contributed by atoms with Crippen LogP contribution in [-0.2, 0) is 14.8 Å². The number of nitrogens with zero attached hydrogens (tertiary/aromatic N) is 1. The molecule has 3 rings (SSSR count). The third kappa shape index (κ3) is 4.85. The number of fused-ring (bicyclic) bond motifs is 1. The number of hydrogen-bond donors (Lipinski definition) is 2. The fraction of sp³-hybridized carbons (Fsp3) is 0.300. The second-order valence-electron chi connectivity index (χ2n) is 7.26. The number of aliphatic carboxylic acids is 1. The number of rotatable bonds is 6. The number of hydrogen-bond acceptors (Lipinski definition) is 6. The lowest BCUT2D eigenvalue weighted by Crippen LogP contribution is -2.41. The van der Waals surface area contributed by atoms with Gasteiger partial charge in [0, 0.05) is 18.1 Å². The number of sulfonamides is 1. The Labute approximate surface area is 168 Å². The van der Waals surface area contributed by atoms with Crippen LogP contribution in [0.4, 0.5) is 0 Å². The van der Waals surface area contributed by atoms with Crippen LogP contribution in [0.3, 0.4) is 0 Å². The molecule has 2 aromatic carbocycles. The fourth-order valence-electron chi connectivity index (χ4n) is 3.14. The van der Waals surface area contributed by atoms with Gasteiger partial charge in [-0.05, 0) is 44.2 Å². The van der Waals surface area contributed by atoms with Gasteiger partial charge in [0.2, 0.25) is 10.0 Å². The summed E-state index contributed by atoms with van der Waals surface area (Å²) in [4.78, 5) is 10.8. The summed E-state index contributed by atoms with van der Waals surface area (Å²) in [6.45, 7) is 3.18. The maximum Gasteiger partial charge on any atom is 0.341 e. The van der Waals surface area contributed by atoms with Crippen LogP contribution in [0.1, 0.15) is 37.4 Å². The average Bonchev–Trinajstić information content (AvgIpc) is 2.65. The molecule has 2 aromatic rings. The van der Waals surface area contributed by atoms with Gasteiger partial charge in [0.1, 0.15) is 17.1 Å². The summed E-state index contributed by atoms with van der Waals surface area (Å²) in [6.07, 6.45) is 0.394. The summed E-state index contributed by atoms with van der Waals surface area (Å²) in [7, 11) is -3.83. The van der Waals surface area contributed by atoms with Gasteiger partial charge < -0.3 is 14.6 Å². The largest absolute Gasteiger partial charge is 0.487 e. The van der Waals surface area contributed by atoms with E-state index in [0.717, 1.165) is 0 Å². The van der Waals surface area contributed by atoms with E-state index in [1.54, 1.807) is 18.2 Å². The number of ether oxygens (including phenoxy) is 2. The van der Waals surface area contributed by atoms with Crippen molar-refractivity contribution in [3.63, 3.8) is 0 Å². The van der Waals surface area contributed by atoms with Crippen LogP contribution >= 0.6 is 0 Å². The SMILES string of the molecule is CC1(C)CC(NS(=O)(=O)c2ccc(C#N)cc2)c2ccc(OCC(=O)O)cc2O1. The van der Waals surface area contributed by atoms with E-state index in [9.17, 15) is 13.2 Å². The molecule has 1 aliphatic heterocycles. The van der Waals surface area contributed by atoms with Gasteiger partial charge in [0.25, 0.3) is 0 Å². The zero-order chi connectivity index (χ0) is 21.2. The number of nitriles is 1. The molecule has 1 heterocycles. The molecule has 1 unspecified atom stereocenters. The molecule has 0 fully saturated rings. The monoisotopic (exact) mass is 416 g/mol. The molecule has 0 aliphatic carbocycles. The Morgan fingerprint density at radius 2 is 2.00 bits per heavy atom. The second kappa shape index (κ2) is 7.73. The van der Waals surface area contributed by atoms with E-state index in [4.69, 9.17) is 19.8 Å². The molecule has 0 bridgehead atoms. The van der Waals surface area contributed by atoms with Crippen molar-refractivity contribution in [1.29, 1.82) is 5.26 Å². The molecule has 0 saturated carbocycles. The number of carboxylic acids is 1. The van der Waals surface area contributed by atoms with Crippen LogP contribution in [0.5, 0.6) is 11.5 Å². The van der Waals surface area contributed by atoms with Crippen LogP contribution in [0.15, 0.2) is 47.4 Å². The standard InChI is InChI=1S/C20H20N2O6S/c1-20(2)10-17(22-29(25,26)15-6-3-13(11-21)4-7-15)16-8-5-14(9-18(16)28-20)27-12-19(23)24/h3-9,17,22H,10,12H2,1-2H3,(H,23,24). The average molecular weight is 416 g/mol. The molecule has 1 aliphatic rings. The molecule has 0 radical (unpaired) electrons. The van der Waals surface area contributed by atoms with Crippen molar-refractivity contribution in [1.82, 2.24) is 4.72 Å². The first-order chi connectivity index (χ1) is 13.6. The topological polar surface area (TPSA) is 126 Å². The highest BCUT2D eigenvalue weighted by Gasteiger charge is 2.36. The van der Waals surface area contributed by atoms with E-state index in [1.165, 1.54) is 24.3 Å². The summed E-state index contributed by atoms with van der Waals surface area (Å²) >= 11 is 0. The van der Waals surface area contributed by atoms with Crippen LogP contribution in [-0.4, -0.2) is 31.7 Å². The first-order valence-corrected chi connectivity index (χ1v) is 10.3. The van der Waals surface area contributed by atoms with Gasteiger partial charge in [-0.1, -0.05) is 6.07 Å². The van der Waals surface area contributed by atoms with Gasteiger partial charge in [0.05, 0.1) is 22.6 Å². The Kier molecular flexibility index (Phi) is 5.50. The van der Waals surface area contributed by atoms with E-state index < -0.39 is 34.2 Å². The molecular weight excluding hydrogens is 396 g/mol. The Balaban J connectivity index is 1.89. The highest BCUT2D eigenvalue weighted by Crippen LogP contribution is 2.41. The summed E-state index contributed by atoms with van der Waals surface area (Å²) in [5.74, 6) is -0.355. The fourth-order valence-corrected chi connectivity index (χ4v) is 4.35. The minimum atomic E-state index is -3.83. The lowest BCUT2D eigenvalue weighted by atomic mass is 9.90. The Morgan fingerprint density at radius 3 is 2.62 bits per heavy atom. The lowest BCUT2D eigenvalue weighted by Gasteiger charge is -2.37. The van der Waals surface area contributed by atoms with Gasteiger partial charge in [-0.15, -0.1) is 0 Å². The van der Waals surface area contributed by atoms with Gasteiger partial charge in [-0.25, -0.2) is 17.9 Å². The van der Waals surface area contributed by atoms with Crippen LogP contribution in [0.2, 0.25) is 0 Å². The lowest BCUT2D eigenvalue weighted by molar-refractivity contribution is -0.139. The summed E-state index contributed by atoms with van der Waals surface area (Å²) in [6, 6.07) is 11.9. The van der Waals surface area contributed by atoms with Crippen molar-refractivity contribution in [2.45, 2.75) is 36.8 Å². The van der Waals surface area contributed by atoms with Gasteiger partial charge in [0.15, 0.2) is 6.61 Å². The quantitative estimate of drug-likeness (QED) is 0.741. The van der Waals surface area contributed by atoms with E-state index >= 15 is 0 Å². The van der Waals surface area contributed by atoms with Crippen molar-refractivity contribution >= 4 is 16.0 Å². The minimum absolute atomic E-state index is 0.0590. The first-order valence-electron chi connectivity index (χ1n) is 8.80. The summed E-state index contributed by atoms with van der Waals surface area (Å²) in [5.41, 5.74) is 0.343. The Hall–Kier alpha value is -3.09. The number of carbonyl (C=O) groups is 1. The maximum atomic E-state index is 12.8. The molecule has 2 N–H and O–H groups in total. The molecule has 0 saturated heterocycles. The van der Waals surface area contributed by atoms with E-state index in [0.29, 0.717) is 29.0 Å². The molecule has 9 heteroatoms. The van der Waals surface area contributed by atoms with E-state index in [1.807, 2.05) is 19.9 Å². The van der Waals surface area contributed by atoms with Crippen molar-refractivity contribution in [2.75, 3.05) is 6.61 Å². The van der Waals surface area contributed by atoms with Crippen molar-refractivity contribution in [3.8, 4) is 17.6 Å². The van der Waals surface area contributed by atoms with E-state index in [2.05, 4.69) is 4.72 Å². The van der Waals surface area contributed by atoms with Crippen LogP contribution in [0, 0.1) is 11.3 Å². The van der Waals surface area contributed by atoms with Crippen molar-refractivity contribution in [2.24, 2.45) is 0 Å². The van der Waals surface area contributed by atoms with Crippen LogP contribution < -0.4 is 14.2 Å². The van der Waals surface area contributed by atoms with Crippen LogP contribution in [0.25, 0.3) is 0 Å². The predicted molar refractivity (Wildman–Crippen MR) is 103 cm³/mol. The Bertz CT molecular complexity index is 1070. The van der Waals surface area contributed by atoms with E-state index in [-0.39, 0.29) is 4.90 Å². The number of benzene rings is 2. The summed E-state index contributed by atoms with van der Waals surface area (Å²) < 4.78 is 39.5. The zero-order valence-electron chi connectivity index (χ0n) is 15.9. The highest BCUT2D eigenvalue weighted by molar-refractivity contribution is 7.89. The molecule has 0 amide bonds. The number of carboxylic acid groups (broad SMARTS) is 1. The maximum absolute atomic E-state index is 12.8. The molecule has 1 atom stereocenters. The second-order valence-corrected chi connectivity index (χ2v) is 8.97. The molecule has 0 spiro atoms. The predicted octanol–water partition coefficient (Wildman–Crippen LogP) is 2.60. The third-order valence-electron chi connectivity index (χ3n) is 4.40. The molecule has 152 valence electrons. The molecular formula is C20H20N2O6S. The normalized spacial score (nSPS) is 17.5. The third-order valence-corrected chi connectivity index (χ3v) is 5.88.